The molecule has 11 heavy (non-hydrogen) atoms. The SMILES string of the molecule is CC.NC(=O)Cc1cc[nH]c1. The largest absolute Gasteiger partial charge is 0.369 e. The van der Waals surface area contributed by atoms with Crippen molar-refractivity contribution in [3.8, 4) is 0 Å². The van der Waals surface area contributed by atoms with Gasteiger partial charge in [-0.05, 0) is 11.6 Å². The van der Waals surface area contributed by atoms with Gasteiger partial charge in [0.15, 0.2) is 0 Å². The molecule has 1 aromatic rings. The van der Waals surface area contributed by atoms with Crippen LogP contribution in [0.5, 0.6) is 0 Å². The molecule has 0 aliphatic heterocycles. The zero-order chi connectivity index (χ0) is 8.69. The van der Waals surface area contributed by atoms with Gasteiger partial charge in [0.25, 0.3) is 0 Å². The smallest absolute Gasteiger partial charge is 0.221 e. The monoisotopic (exact) mass is 154 g/mol. The normalized spacial score (nSPS) is 8.18. The minimum atomic E-state index is -0.297. The summed E-state index contributed by atoms with van der Waals surface area (Å²) in [5.41, 5.74) is 5.86. The van der Waals surface area contributed by atoms with E-state index in [1.165, 1.54) is 0 Å². The Kier molecular flexibility index (Phi) is 4.90. The van der Waals surface area contributed by atoms with Crippen molar-refractivity contribution in [2.75, 3.05) is 0 Å². The zero-order valence-electron chi connectivity index (χ0n) is 6.92. The molecule has 1 rings (SSSR count). The highest BCUT2D eigenvalue weighted by molar-refractivity contribution is 5.76. The average molecular weight is 154 g/mol. The molecule has 1 aromatic heterocycles. The minimum Gasteiger partial charge on any atom is -0.369 e. The van der Waals surface area contributed by atoms with Crippen LogP contribution in [-0.4, -0.2) is 10.9 Å². The van der Waals surface area contributed by atoms with E-state index >= 15 is 0 Å². The Balaban J connectivity index is 0.000000461. The number of hydrogen-bond acceptors (Lipinski definition) is 1. The third-order valence-corrected chi connectivity index (χ3v) is 1.04. The van der Waals surface area contributed by atoms with Crippen molar-refractivity contribution in [3.05, 3.63) is 24.0 Å². The molecule has 0 unspecified atom stereocenters. The molecule has 0 radical (unpaired) electrons. The first-order chi connectivity index (χ1) is 5.29. The molecule has 1 amide bonds. The lowest BCUT2D eigenvalue weighted by Crippen LogP contribution is -2.12. The maximum atomic E-state index is 10.3. The maximum absolute atomic E-state index is 10.3. The molecule has 0 bridgehead atoms. The van der Waals surface area contributed by atoms with E-state index in [1.807, 2.05) is 19.9 Å². The summed E-state index contributed by atoms with van der Waals surface area (Å²) in [6, 6.07) is 1.82. The van der Waals surface area contributed by atoms with Gasteiger partial charge in [0.2, 0.25) is 5.91 Å². The Bertz CT molecular complexity index is 192. The predicted molar refractivity (Wildman–Crippen MR) is 45.0 cm³/mol. The molecule has 0 aliphatic carbocycles. The topological polar surface area (TPSA) is 58.9 Å². The number of H-pyrrole nitrogens is 1. The summed E-state index contributed by atoms with van der Waals surface area (Å²) in [4.78, 5) is 13.1. The Morgan fingerprint density at radius 2 is 2.27 bits per heavy atom. The van der Waals surface area contributed by atoms with Crippen LogP contribution >= 0.6 is 0 Å². The molecule has 0 atom stereocenters. The van der Waals surface area contributed by atoms with E-state index in [2.05, 4.69) is 4.98 Å². The number of amides is 1. The number of aromatic amines is 1. The van der Waals surface area contributed by atoms with Gasteiger partial charge in [-0.2, -0.15) is 0 Å². The highest BCUT2D eigenvalue weighted by atomic mass is 16.1. The lowest BCUT2D eigenvalue weighted by Gasteiger charge is -1.86. The Hall–Kier alpha value is -1.25. The van der Waals surface area contributed by atoms with E-state index in [0.29, 0.717) is 6.42 Å². The number of primary amides is 1. The average Bonchev–Trinajstić information content (AvgIpc) is 2.43. The third-order valence-electron chi connectivity index (χ3n) is 1.04. The van der Waals surface area contributed by atoms with Crippen LogP contribution in [0, 0.1) is 0 Å². The first-order valence-corrected chi connectivity index (χ1v) is 3.69. The molecule has 0 spiro atoms. The van der Waals surface area contributed by atoms with Crippen molar-refractivity contribution in [1.29, 1.82) is 0 Å². The number of nitrogens with two attached hydrogens (primary N) is 1. The Labute approximate surface area is 66.6 Å². The fourth-order valence-corrected chi connectivity index (χ4v) is 0.670. The van der Waals surface area contributed by atoms with E-state index in [9.17, 15) is 4.79 Å². The van der Waals surface area contributed by atoms with Crippen molar-refractivity contribution in [2.45, 2.75) is 20.3 Å². The third kappa shape index (κ3) is 4.19. The summed E-state index contributed by atoms with van der Waals surface area (Å²) >= 11 is 0. The first kappa shape index (κ1) is 9.75. The van der Waals surface area contributed by atoms with Gasteiger partial charge in [-0.15, -0.1) is 0 Å². The fourth-order valence-electron chi connectivity index (χ4n) is 0.670. The molecule has 3 N–H and O–H groups in total. The van der Waals surface area contributed by atoms with Crippen LogP contribution in [0.1, 0.15) is 19.4 Å². The Morgan fingerprint density at radius 3 is 2.64 bits per heavy atom. The Morgan fingerprint density at radius 1 is 1.64 bits per heavy atom. The quantitative estimate of drug-likeness (QED) is 0.657. The second-order valence-electron chi connectivity index (χ2n) is 1.86. The molecule has 1 heterocycles. The summed E-state index contributed by atoms with van der Waals surface area (Å²) in [6.45, 7) is 4.00. The van der Waals surface area contributed by atoms with Crippen molar-refractivity contribution in [2.24, 2.45) is 5.73 Å². The van der Waals surface area contributed by atoms with Gasteiger partial charge in [-0.1, -0.05) is 13.8 Å². The molecule has 62 valence electrons. The van der Waals surface area contributed by atoms with E-state index < -0.39 is 0 Å². The van der Waals surface area contributed by atoms with Gasteiger partial charge in [0.1, 0.15) is 0 Å². The molecule has 0 aromatic carbocycles. The van der Waals surface area contributed by atoms with Gasteiger partial charge in [-0.3, -0.25) is 4.79 Å². The molecular weight excluding hydrogens is 140 g/mol. The molecular formula is C8H14N2O. The fraction of sp³-hybridized carbons (Fsp3) is 0.375. The molecule has 0 aliphatic rings. The van der Waals surface area contributed by atoms with Crippen molar-refractivity contribution < 1.29 is 4.79 Å². The summed E-state index contributed by atoms with van der Waals surface area (Å²) in [6.07, 6.45) is 3.84. The number of rotatable bonds is 2. The molecule has 0 saturated carbocycles. The van der Waals surface area contributed by atoms with Gasteiger partial charge in [0, 0.05) is 12.4 Å². The minimum absolute atomic E-state index is 0.297. The van der Waals surface area contributed by atoms with Crippen LogP contribution in [-0.2, 0) is 11.2 Å². The van der Waals surface area contributed by atoms with E-state index in [0.717, 1.165) is 5.56 Å². The number of aromatic nitrogens is 1. The van der Waals surface area contributed by atoms with Crippen LogP contribution in [0.3, 0.4) is 0 Å². The predicted octanol–water partition coefficient (Wildman–Crippen LogP) is 1.07. The van der Waals surface area contributed by atoms with Crippen LogP contribution in [0.4, 0.5) is 0 Å². The summed E-state index contributed by atoms with van der Waals surface area (Å²) < 4.78 is 0. The van der Waals surface area contributed by atoms with Crippen LogP contribution < -0.4 is 5.73 Å². The zero-order valence-corrected chi connectivity index (χ0v) is 6.92. The molecule has 3 nitrogen and oxygen atoms in total. The molecule has 0 fully saturated rings. The van der Waals surface area contributed by atoms with Crippen molar-refractivity contribution in [3.63, 3.8) is 0 Å². The van der Waals surface area contributed by atoms with Gasteiger partial charge in [0.05, 0.1) is 6.42 Å². The molecule has 3 heteroatoms. The van der Waals surface area contributed by atoms with Crippen LogP contribution in [0.25, 0.3) is 0 Å². The van der Waals surface area contributed by atoms with E-state index in [4.69, 9.17) is 5.73 Å². The van der Waals surface area contributed by atoms with Crippen LogP contribution in [0.2, 0.25) is 0 Å². The first-order valence-electron chi connectivity index (χ1n) is 3.69. The number of nitrogens with one attached hydrogen (secondary N) is 1. The van der Waals surface area contributed by atoms with Gasteiger partial charge in [-0.25, -0.2) is 0 Å². The van der Waals surface area contributed by atoms with Gasteiger partial charge < -0.3 is 10.7 Å². The van der Waals surface area contributed by atoms with E-state index in [1.54, 1.807) is 12.4 Å². The lowest BCUT2D eigenvalue weighted by atomic mass is 10.2. The highest BCUT2D eigenvalue weighted by Crippen LogP contribution is 1.95. The molecule has 0 saturated heterocycles. The standard InChI is InChI=1S/C6H8N2O.C2H6/c7-6(9)3-5-1-2-8-4-5;1-2/h1-2,4,8H,3H2,(H2,7,9);1-2H3. The highest BCUT2D eigenvalue weighted by Gasteiger charge is 1.95. The number of carbonyl (C=O) groups is 1. The lowest BCUT2D eigenvalue weighted by molar-refractivity contribution is -0.117. The number of hydrogen-bond donors (Lipinski definition) is 2. The van der Waals surface area contributed by atoms with E-state index in [-0.39, 0.29) is 5.91 Å². The number of carbonyl (C=O) groups excluding carboxylic acids is 1. The second-order valence-corrected chi connectivity index (χ2v) is 1.86. The maximum Gasteiger partial charge on any atom is 0.221 e. The van der Waals surface area contributed by atoms with Gasteiger partial charge >= 0.3 is 0 Å². The van der Waals surface area contributed by atoms with Crippen molar-refractivity contribution in [1.82, 2.24) is 4.98 Å². The summed E-state index contributed by atoms with van der Waals surface area (Å²) in [5, 5.41) is 0. The van der Waals surface area contributed by atoms with Crippen LogP contribution in [0.15, 0.2) is 18.5 Å². The second kappa shape index (κ2) is 5.53. The van der Waals surface area contributed by atoms with Crippen molar-refractivity contribution >= 4 is 5.91 Å². The summed E-state index contributed by atoms with van der Waals surface area (Å²) in [5.74, 6) is -0.297. The summed E-state index contributed by atoms with van der Waals surface area (Å²) in [7, 11) is 0.